The van der Waals surface area contributed by atoms with Crippen molar-refractivity contribution in [3.05, 3.63) is 111 Å². The zero-order chi connectivity index (χ0) is 23.4. The lowest BCUT2D eigenvalue weighted by atomic mass is 10.1. The molecule has 0 fully saturated rings. The maximum atomic E-state index is 12.8. The number of aromatic nitrogens is 2. The van der Waals surface area contributed by atoms with E-state index in [0.717, 1.165) is 28.2 Å². The van der Waals surface area contributed by atoms with Gasteiger partial charge in [0.05, 0.1) is 28.6 Å². The van der Waals surface area contributed by atoms with Gasteiger partial charge in [0.1, 0.15) is 12.4 Å². The van der Waals surface area contributed by atoms with Gasteiger partial charge in [-0.1, -0.05) is 65.7 Å². The van der Waals surface area contributed by atoms with Crippen molar-refractivity contribution in [1.29, 1.82) is 0 Å². The summed E-state index contributed by atoms with van der Waals surface area (Å²) in [6, 6.07) is 22.5. The Morgan fingerprint density at radius 2 is 1.70 bits per heavy atom. The summed E-state index contributed by atoms with van der Waals surface area (Å²) in [6.07, 6.45) is 0. The summed E-state index contributed by atoms with van der Waals surface area (Å²) in [5.74, 6) is 0.370. The van der Waals surface area contributed by atoms with E-state index in [1.54, 1.807) is 30.3 Å². The molecule has 7 heteroatoms. The first-order valence-corrected chi connectivity index (χ1v) is 11.2. The average Bonchev–Trinajstić information content (AvgIpc) is 3.07. The molecule has 0 atom stereocenters. The molecule has 0 aliphatic rings. The van der Waals surface area contributed by atoms with E-state index in [4.69, 9.17) is 27.9 Å². The molecule has 168 valence electrons. The smallest absolute Gasteiger partial charge is 0.255 e. The monoisotopic (exact) mass is 479 g/mol. The second kappa shape index (κ2) is 10.1. The molecule has 33 heavy (non-hydrogen) atoms. The number of carbonyl (C=O) groups is 1. The second-order valence-electron chi connectivity index (χ2n) is 7.70. The van der Waals surface area contributed by atoms with Gasteiger partial charge in [-0.25, -0.2) is 0 Å². The minimum atomic E-state index is -0.186. The molecule has 4 aromatic rings. The topological polar surface area (TPSA) is 56.2 Å². The number of rotatable bonds is 7. The highest BCUT2D eigenvalue weighted by Crippen LogP contribution is 2.28. The standard InChI is InChI=1S/C26H23Cl2N3O2/c1-17-25(18(2)31(30-17)15-19-6-4-3-5-7-19)29-26(32)21-10-8-20(9-11-21)16-33-24-13-12-22(27)14-23(24)28/h3-14H,15-16H2,1-2H3,(H,29,32). The van der Waals surface area contributed by atoms with E-state index >= 15 is 0 Å². The van der Waals surface area contributed by atoms with Gasteiger partial charge >= 0.3 is 0 Å². The molecule has 1 amide bonds. The molecule has 0 saturated heterocycles. The number of hydrogen-bond acceptors (Lipinski definition) is 3. The highest BCUT2D eigenvalue weighted by Gasteiger charge is 2.15. The molecule has 0 aliphatic carbocycles. The van der Waals surface area contributed by atoms with Crippen molar-refractivity contribution >= 4 is 34.8 Å². The Morgan fingerprint density at radius 3 is 2.39 bits per heavy atom. The molecule has 0 bridgehead atoms. The van der Waals surface area contributed by atoms with Gasteiger partial charge in [-0.15, -0.1) is 0 Å². The van der Waals surface area contributed by atoms with E-state index in [1.165, 1.54) is 0 Å². The van der Waals surface area contributed by atoms with Crippen molar-refractivity contribution in [3.8, 4) is 5.75 Å². The van der Waals surface area contributed by atoms with Gasteiger partial charge in [0, 0.05) is 10.6 Å². The average molecular weight is 480 g/mol. The fourth-order valence-corrected chi connectivity index (χ4v) is 3.94. The van der Waals surface area contributed by atoms with Gasteiger partial charge in [0.15, 0.2) is 0 Å². The molecular formula is C26H23Cl2N3O2. The van der Waals surface area contributed by atoms with Gasteiger partial charge in [-0.05, 0) is 55.3 Å². The number of hydrogen-bond donors (Lipinski definition) is 1. The maximum absolute atomic E-state index is 12.8. The highest BCUT2D eigenvalue weighted by atomic mass is 35.5. The minimum Gasteiger partial charge on any atom is -0.487 e. The van der Waals surface area contributed by atoms with Gasteiger partial charge < -0.3 is 10.1 Å². The van der Waals surface area contributed by atoms with Crippen molar-refractivity contribution in [1.82, 2.24) is 9.78 Å². The van der Waals surface area contributed by atoms with Crippen LogP contribution in [0.1, 0.15) is 32.9 Å². The Morgan fingerprint density at radius 1 is 0.970 bits per heavy atom. The summed E-state index contributed by atoms with van der Waals surface area (Å²) < 4.78 is 7.66. The van der Waals surface area contributed by atoms with Crippen LogP contribution < -0.4 is 10.1 Å². The van der Waals surface area contributed by atoms with Crippen LogP contribution in [-0.4, -0.2) is 15.7 Å². The van der Waals surface area contributed by atoms with E-state index in [0.29, 0.717) is 34.5 Å². The van der Waals surface area contributed by atoms with Crippen LogP contribution in [0.4, 0.5) is 5.69 Å². The molecule has 1 aromatic heterocycles. The minimum absolute atomic E-state index is 0.186. The fraction of sp³-hybridized carbons (Fsp3) is 0.154. The number of benzene rings is 3. The normalized spacial score (nSPS) is 10.8. The van der Waals surface area contributed by atoms with Crippen LogP contribution >= 0.6 is 23.2 Å². The van der Waals surface area contributed by atoms with Crippen molar-refractivity contribution in [3.63, 3.8) is 0 Å². The van der Waals surface area contributed by atoms with Crippen LogP contribution in [0.15, 0.2) is 72.8 Å². The number of halogens is 2. The summed E-state index contributed by atoms with van der Waals surface area (Å²) in [5.41, 5.74) is 5.05. The molecule has 0 aliphatic heterocycles. The molecular weight excluding hydrogens is 457 g/mol. The molecule has 0 unspecified atom stereocenters. The largest absolute Gasteiger partial charge is 0.487 e. The molecule has 1 heterocycles. The lowest BCUT2D eigenvalue weighted by molar-refractivity contribution is 0.102. The number of nitrogens with one attached hydrogen (secondary N) is 1. The Labute approximate surface area is 202 Å². The summed E-state index contributed by atoms with van der Waals surface area (Å²) in [4.78, 5) is 12.8. The molecule has 0 saturated carbocycles. The molecule has 5 nitrogen and oxygen atoms in total. The van der Waals surface area contributed by atoms with Crippen molar-refractivity contribution in [2.24, 2.45) is 0 Å². The number of anilines is 1. The maximum Gasteiger partial charge on any atom is 0.255 e. The van der Waals surface area contributed by atoms with Crippen LogP contribution in [0.25, 0.3) is 0 Å². The van der Waals surface area contributed by atoms with Crippen LogP contribution in [0, 0.1) is 13.8 Å². The first-order chi connectivity index (χ1) is 15.9. The zero-order valence-corrected chi connectivity index (χ0v) is 19.8. The lowest BCUT2D eigenvalue weighted by Crippen LogP contribution is -2.13. The SMILES string of the molecule is Cc1nn(Cc2ccccc2)c(C)c1NC(=O)c1ccc(COc2ccc(Cl)cc2Cl)cc1. The highest BCUT2D eigenvalue weighted by molar-refractivity contribution is 6.35. The van der Waals surface area contributed by atoms with Crippen LogP contribution in [0.5, 0.6) is 5.75 Å². The van der Waals surface area contributed by atoms with Gasteiger partial charge in [-0.2, -0.15) is 5.10 Å². The fourth-order valence-electron chi connectivity index (χ4n) is 3.48. The number of nitrogens with zero attached hydrogens (tertiary/aromatic N) is 2. The summed E-state index contributed by atoms with van der Waals surface area (Å²) in [5, 5.41) is 8.62. The third-order valence-corrected chi connectivity index (χ3v) is 5.83. The van der Waals surface area contributed by atoms with E-state index in [9.17, 15) is 4.79 Å². The zero-order valence-electron chi connectivity index (χ0n) is 18.3. The van der Waals surface area contributed by atoms with E-state index in [2.05, 4.69) is 22.5 Å². The Balaban J connectivity index is 1.40. The van der Waals surface area contributed by atoms with Gasteiger partial charge in [0.2, 0.25) is 0 Å². The van der Waals surface area contributed by atoms with Crippen LogP contribution in [0.3, 0.4) is 0 Å². The van der Waals surface area contributed by atoms with E-state index in [-0.39, 0.29) is 5.91 Å². The third kappa shape index (κ3) is 5.56. The van der Waals surface area contributed by atoms with E-state index in [1.807, 2.05) is 48.9 Å². The Bertz CT molecular complexity index is 1270. The summed E-state index contributed by atoms with van der Waals surface area (Å²) in [6.45, 7) is 4.83. The van der Waals surface area contributed by atoms with Gasteiger partial charge in [0.25, 0.3) is 5.91 Å². The first kappa shape index (κ1) is 22.9. The van der Waals surface area contributed by atoms with Crippen LogP contribution in [-0.2, 0) is 13.2 Å². The van der Waals surface area contributed by atoms with Crippen molar-refractivity contribution < 1.29 is 9.53 Å². The summed E-state index contributed by atoms with van der Waals surface area (Å²) >= 11 is 12.1. The predicted molar refractivity (Wildman–Crippen MR) is 132 cm³/mol. The Hall–Kier alpha value is -3.28. The molecule has 0 spiro atoms. The number of carbonyl (C=O) groups excluding carboxylic acids is 1. The second-order valence-corrected chi connectivity index (χ2v) is 8.55. The first-order valence-electron chi connectivity index (χ1n) is 10.5. The number of amides is 1. The third-order valence-electron chi connectivity index (χ3n) is 5.30. The quantitative estimate of drug-likeness (QED) is 0.321. The number of ether oxygens (including phenoxy) is 1. The number of aryl methyl sites for hydroxylation is 1. The van der Waals surface area contributed by atoms with Crippen LogP contribution in [0.2, 0.25) is 10.0 Å². The molecule has 1 N–H and O–H groups in total. The Kier molecular flexibility index (Phi) is 7.02. The molecule has 3 aromatic carbocycles. The molecule has 0 radical (unpaired) electrons. The van der Waals surface area contributed by atoms with Crippen molar-refractivity contribution in [2.45, 2.75) is 27.0 Å². The van der Waals surface area contributed by atoms with Crippen molar-refractivity contribution in [2.75, 3.05) is 5.32 Å². The lowest BCUT2D eigenvalue weighted by Gasteiger charge is -2.10. The molecule has 4 rings (SSSR count). The predicted octanol–water partition coefficient (Wildman–Crippen LogP) is 6.69. The van der Waals surface area contributed by atoms with E-state index < -0.39 is 0 Å². The van der Waals surface area contributed by atoms with Gasteiger partial charge in [-0.3, -0.25) is 9.48 Å². The summed E-state index contributed by atoms with van der Waals surface area (Å²) in [7, 11) is 0.